The summed E-state index contributed by atoms with van der Waals surface area (Å²) >= 11 is 8.11. The summed E-state index contributed by atoms with van der Waals surface area (Å²) in [7, 11) is 0. The van der Waals surface area contributed by atoms with Crippen molar-refractivity contribution in [1.82, 2.24) is 53.2 Å². The largest absolute Gasteiger partial charge is 0.481 e. The smallest absolute Gasteiger partial charge is 0.309 e. The van der Waals surface area contributed by atoms with Gasteiger partial charge in [-0.15, -0.1) is 0 Å². The highest BCUT2D eigenvalue weighted by atomic mass is 32.1. The zero-order valence-corrected chi connectivity index (χ0v) is 55.6. The second kappa shape index (κ2) is 42.7. The summed E-state index contributed by atoms with van der Waals surface area (Å²) in [6.07, 6.45) is -1.84. The van der Waals surface area contributed by atoms with Crippen molar-refractivity contribution < 1.29 is 82.4 Å². The van der Waals surface area contributed by atoms with Crippen LogP contribution in [0.15, 0.2) is 40.3 Å². The predicted octanol–water partition coefficient (Wildman–Crippen LogP) is -8.82. The number of carbonyl (C=O) groups excluding carboxylic acids is 13. The van der Waals surface area contributed by atoms with Gasteiger partial charge in [0.1, 0.15) is 54.7 Å². The van der Waals surface area contributed by atoms with E-state index >= 15 is 0 Å². The van der Waals surface area contributed by atoms with Gasteiger partial charge in [0.25, 0.3) is 0 Å². The molecule has 2 unspecified atom stereocenters. The molecule has 0 aliphatic rings. The molecule has 10 amide bonds. The van der Waals surface area contributed by atoms with Gasteiger partial charge in [0.2, 0.25) is 59.1 Å². The monoisotopic (exact) mass is 1380 g/mol. The molecular weight excluding hydrogens is 1290 g/mol. The summed E-state index contributed by atoms with van der Waals surface area (Å²) in [5.74, 6) is -19.3. The minimum atomic E-state index is -3.08. The summed E-state index contributed by atoms with van der Waals surface area (Å²) in [6, 6.07) is -6.88. The van der Waals surface area contributed by atoms with Crippen molar-refractivity contribution in [3.8, 4) is 0 Å². The molecule has 95 heavy (non-hydrogen) atoms. The Kier molecular flexibility index (Phi) is 38.0. The number of hydrogen-bond donors (Lipinski definition) is 22. The summed E-state index contributed by atoms with van der Waals surface area (Å²) in [4.78, 5) is 196. The van der Waals surface area contributed by atoms with Crippen LogP contribution in [0.4, 0.5) is 0 Å². The van der Waals surface area contributed by atoms with Crippen molar-refractivity contribution in [2.45, 2.75) is 159 Å². The molecule has 0 saturated carbocycles. The highest BCUT2D eigenvalue weighted by molar-refractivity contribution is 7.80. The Labute approximate surface area is 560 Å². The second-order valence-electron chi connectivity index (χ2n) is 22.4. The topological polar surface area (TPSA) is 627 Å². The number of nitrogens with two attached hydrogens (primary N) is 7. The van der Waals surface area contributed by atoms with Crippen LogP contribution in [0.2, 0.25) is 0 Å². The fraction of sp³-hybridized carbons (Fsp3) is 0.614. The Bertz CT molecular complexity index is 2870. The number of carboxylic acid groups (broad SMARTS) is 1. The van der Waals surface area contributed by atoms with Crippen LogP contribution < -0.4 is 93.3 Å². The SMILES string of the molecule is CC[C@H](C)[C@H](NC(=O)[C@H](CCCN=C(N)N)NC(=O)[C@](N)(C(=O)[C@@H](NC(=O)[C@H](CCCN=C(N)N)NC(=O)CNC(=O)CNC(=O)[C@H](Cc1ccccc1)NC(=O)[C@@H](C)NC(=O)[C@H](CS)NC(=O)[C@@H](N)C(=O)C(O)[C@@H](N)CO)[C@@H](C)CC)C(C)C(=O)O)C(=O)N[C@H](C=O)CS. The van der Waals surface area contributed by atoms with E-state index in [1.54, 1.807) is 51.1 Å². The van der Waals surface area contributed by atoms with E-state index in [2.05, 4.69) is 88.4 Å². The first-order valence-corrected chi connectivity index (χ1v) is 31.5. The van der Waals surface area contributed by atoms with E-state index in [4.69, 9.17) is 45.2 Å². The summed E-state index contributed by atoms with van der Waals surface area (Å²) in [5, 5.41) is 53.6. The Hall–Kier alpha value is -8.56. The molecule has 36 nitrogen and oxygen atoms in total. The normalized spacial score (nSPS) is 16.1. The van der Waals surface area contributed by atoms with Crippen molar-refractivity contribution in [2.24, 2.45) is 67.9 Å². The number of carboxylic acids is 1. The molecule has 15 atom stereocenters. The van der Waals surface area contributed by atoms with E-state index in [0.29, 0.717) is 18.3 Å². The molecule has 0 fully saturated rings. The first-order valence-electron chi connectivity index (χ1n) is 30.3. The summed E-state index contributed by atoms with van der Waals surface area (Å²) in [5.41, 5.74) is 37.2. The Balaban J connectivity index is 3.50. The van der Waals surface area contributed by atoms with Crippen LogP contribution in [-0.2, 0) is 73.5 Å². The molecule has 0 spiro atoms. The van der Waals surface area contributed by atoms with Crippen molar-refractivity contribution in [1.29, 1.82) is 0 Å². The Morgan fingerprint density at radius 3 is 1.60 bits per heavy atom. The number of aliphatic hydroxyl groups excluding tert-OH is 2. The maximum atomic E-state index is 15.0. The lowest BCUT2D eigenvalue weighted by molar-refractivity contribution is -0.154. The van der Waals surface area contributed by atoms with Gasteiger partial charge in [-0.2, -0.15) is 25.3 Å². The number of guanidine groups is 2. The van der Waals surface area contributed by atoms with Crippen LogP contribution in [0.3, 0.4) is 0 Å². The summed E-state index contributed by atoms with van der Waals surface area (Å²) in [6.45, 7) is 5.99. The molecule has 532 valence electrons. The number of ketones is 2. The molecule has 0 aromatic heterocycles. The number of benzene rings is 1. The zero-order chi connectivity index (χ0) is 72.4. The molecule has 1 rings (SSSR count). The van der Waals surface area contributed by atoms with Crippen molar-refractivity contribution in [2.75, 3.05) is 44.3 Å². The third kappa shape index (κ3) is 28.1. The number of Topliss-reactive ketones (excluding diaryl/α,β-unsaturated/α-hetero) is 2. The number of hydrogen-bond acceptors (Lipinski definition) is 23. The van der Waals surface area contributed by atoms with Gasteiger partial charge in [0.05, 0.1) is 43.7 Å². The average molecular weight is 1380 g/mol. The minimum Gasteiger partial charge on any atom is -0.481 e. The van der Waals surface area contributed by atoms with Crippen LogP contribution in [0, 0.1) is 17.8 Å². The van der Waals surface area contributed by atoms with Crippen molar-refractivity contribution >= 4 is 120 Å². The average Bonchev–Trinajstić information content (AvgIpc) is 0.774. The van der Waals surface area contributed by atoms with Gasteiger partial charge in [-0.3, -0.25) is 72.3 Å². The first-order chi connectivity index (χ1) is 44.6. The van der Waals surface area contributed by atoms with Gasteiger partial charge in [-0.25, -0.2) is 0 Å². The van der Waals surface area contributed by atoms with Crippen molar-refractivity contribution in [3.05, 3.63) is 35.9 Å². The van der Waals surface area contributed by atoms with Crippen LogP contribution in [0.25, 0.3) is 0 Å². The maximum Gasteiger partial charge on any atom is 0.309 e. The van der Waals surface area contributed by atoms with E-state index in [9.17, 15) is 77.3 Å². The number of thiol groups is 2. The lowest BCUT2D eigenvalue weighted by Gasteiger charge is -2.37. The third-order valence-electron chi connectivity index (χ3n) is 15.1. The zero-order valence-electron chi connectivity index (χ0n) is 53.8. The number of aliphatic hydroxyl groups is 2. The van der Waals surface area contributed by atoms with Crippen LogP contribution in [0.5, 0.6) is 0 Å². The van der Waals surface area contributed by atoms with E-state index in [-0.39, 0.29) is 75.0 Å². The van der Waals surface area contributed by atoms with Gasteiger partial charge < -0.3 is 113 Å². The van der Waals surface area contributed by atoms with Gasteiger partial charge in [0.15, 0.2) is 29.0 Å². The Morgan fingerprint density at radius 1 is 0.600 bits per heavy atom. The number of amides is 10. The van der Waals surface area contributed by atoms with Crippen LogP contribution >= 0.6 is 25.3 Å². The van der Waals surface area contributed by atoms with Gasteiger partial charge in [-0.05, 0) is 56.9 Å². The second-order valence-corrected chi connectivity index (χ2v) is 23.1. The number of aliphatic carboxylic acids is 1. The van der Waals surface area contributed by atoms with E-state index < -0.39 is 186 Å². The van der Waals surface area contributed by atoms with Gasteiger partial charge in [0, 0.05) is 31.0 Å². The standard InChI is InChI=1S/C57H95N19O17S2/c1-7-27(3)41(45(83)57(64,29(5)53(91)92)54(93)74-35(17-13-19-66-56(62)63)49(87)76-42(28(4)8-2)52(90)70-32(23-77)25-94)75-48(86)34(16-12-18-65-55(60)61)71-39(80)22-67-38(79)21-68-47(85)36(20-31-14-10-9-11-15-31)72-46(84)30(6)69-50(88)37(26-95)73-51(89)40(59)44(82)43(81)33(58)24-78/h9-11,14-15,23,27-30,32-37,40-43,78,81,94-95H,7-8,12-13,16-22,24-26,58-59,64H2,1-6H3,(H,67,79)(H,68,85)(H,69,88)(H,70,90)(H,71,80)(H,72,84)(H,73,89)(H,74,93)(H,75,86)(H,76,87)(H,91,92)(H4,60,61,65)(H4,62,63,66)/t27-,28-,29?,30+,32+,33-,34-,35-,36-,37-,40-,41-,42-,43?,57+/m0/s1. The molecule has 0 bridgehead atoms. The number of nitrogens with one attached hydrogen (secondary N) is 10. The molecule has 1 aromatic carbocycles. The lowest BCUT2D eigenvalue weighted by atomic mass is 9.75. The van der Waals surface area contributed by atoms with E-state index in [0.717, 1.165) is 6.92 Å². The third-order valence-corrected chi connectivity index (χ3v) is 15.9. The molecule has 27 N–H and O–H groups in total. The van der Waals surface area contributed by atoms with Gasteiger partial charge in [-0.1, -0.05) is 70.9 Å². The molecular formula is C57H95N19O17S2. The summed E-state index contributed by atoms with van der Waals surface area (Å²) < 4.78 is 0. The maximum absolute atomic E-state index is 15.0. The molecule has 38 heteroatoms. The first kappa shape index (κ1) is 84.5. The number of nitrogens with zero attached hydrogens (tertiary/aromatic N) is 2. The van der Waals surface area contributed by atoms with Gasteiger partial charge >= 0.3 is 5.97 Å². The van der Waals surface area contributed by atoms with Crippen molar-refractivity contribution in [3.63, 3.8) is 0 Å². The quantitative estimate of drug-likeness (QED) is 0.00720. The molecule has 0 aliphatic carbocycles. The number of rotatable bonds is 45. The molecule has 0 aliphatic heterocycles. The highest BCUT2D eigenvalue weighted by Crippen LogP contribution is 2.24. The number of aldehydes is 1. The highest BCUT2D eigenvalue weighted by Gasteiger charge is 2.54. The number of carbonyl (C=O) groups is 14. The van der Waals surface area contributed by atoms with E-state index in [1.165, 1.54) is 13.8 Å². The molecule has 0 radical (unpaired) electrons. The fourth-order valence-corrected chi connectivity index (χ4v) is 9.13. The molecule has 1 aromatic rings. The van der Waals surface area contributed by atoms with Crippen LogP contribution in [-0.4, -0.2) is 226 Å². The van der Waals surface area contributed by atoms with E-state index in [1.807, 2.05) is 0 Å². The Morgan fingerprint density at radius 2 is 1.11 bits per heavy atom. The fourth-order valence-electron chi connectivity index (χ4n) is 8.70. The molecule has 0 heterocycles. The minimum absolute atomic E-state index is 0.00347. The number of aliphatic imine (C=N–C) groups is 2. The molecule has 0 saturated heterocycles. The van der Waals surface area contributed by atoms with Crippen LogP contribution in [0.1, 0.15) is 85.6 Å². The lowest BCUT2D eigenvalue weighted by Crippen LogP contribution is -2.71. The predicted molar refractivity (Wildman–Crippen MR) is 353 cm³/mol.